The van der Waals surface area contributed by atoms with Crippen molar-refractivity contribution in [1.82, 2.24) is 5.32 Å². The van der Waals surface area contributed by atoms with Crippen LogP contribution in [-0.2, 0) is 6.54 Å². The highest BCUT2D eigenvalue weighted by Gasteiger charge is 2.05. The molecule has 0 unspecified atom stereocenters. The van der Waals surface area contributed by atoms with Crippen LogP contribution in [0.25, 0.3) is 0 Å². The van der Waals surface area contributed by atoms with Crippen LogP contribution in [0.1, 0.15) is 25.8 Å². The Labute approximate surface area is 108 Å². The number of ether oxygens (including phenoxy) is 1. The molecule has 4 heteroatoms. The first-order chi connectivity index (χ1) is 8.13. The molecule has 0 saturated carbocycles. The molecule has 0 saturated heterocycles. The van der Waals surface area contributed by atoms with Gasteiger partial charge in [0.25, 0.3) is 0 Å². The summed E-state index contributed by atoms with van der Waals surface area (Å²) in [5.41, 5.74) is 1.02. The van der Waals surface area contributed by atoms with Crippen molar-refractivity contribution in [3.63, 3.8) is 0 Å². The van der Waals surface area contributed by atoms with Gasteiger partial charge in [-0.05, 0) is 31.5 Å². The van der Waals surface area contributed by atoms with Crippen LogP contribution in [0.2, 0.25) is 5.02 Å². The number of benzene rings is 1. The predicted octanol–water partition coefficient (Wildman–Crippen LogP) is 2.60. The lowest BCUT2D eigenvalue weighted by Crippen LogP contribution is -2.24. The van der Waals surface area contributed by atoms with Gasteiger partial charge in [0.05, 0.1) is 12.7 Å². The number of halogens is 1. The van der Waals surface area contributed by atoms with E-state index in [-0.39, 0.29) is 6.10 Å². The van der Waals surface area contributed by atoms with Gasteiger partial charge < -0.3 is 15.2 Å². The van der Waals surface area contributed by atoms with Crippen molar-refractivity contribution in [2.24, 2.45) is 0 Å². The van der Waals surface area contributed by atoms with Crippen LogP contribution in [0.5, 0.6) is 5.75 Å². The summed E-state index contributed by atoms with van der Waals surface area (Å²) in [6.45, 7) is 5.72. The molecule has 0 aromatic heterocycles. The molecule has 0 heterocycles. The minimum absolute atomic E-state index is 0.353. The molecule has 0 aliphatic heterocycles. The van der Waals surface area contributed by atoms with Crippen molar-refractivity contribution in [2.45, 2.75) is 32.9 Å². The second-order valence-electron chi connectivity index (χ2n) is 4.08. The van der Waals surface area contributed by atoms with Gasteiger partial charge in [-0.3, -0.25) is 0 Å². The molecule has 3 nitrogen and oxygen atoms in total. The molecule has 1 aromatic rings. The van der Waals surface area contributed by atoms with Gasteiger partial charge in [0, 0.05) is 23.7 Å². The lowest BCUT2D eigenvalue weighted by atomic mass is 10.2. The van der Waals surface area contributed by atoms with E-state index in [2.05, 4.69) is 12.2 Å². The Balaban J connectivity index is 2.62. The number of aliphatic hydroxyl groups excluding tert-OH is 1. The quantitative estimate of drug-likeness (QED) is 0.789. The van der Waals surface area contributed by atoms with Crippen LogP contribution < -0.4 is 10.1 Å². The summed E-state index contributed by atoms with van der Waals surface area (Å²) in [5, 5.41) is 13.0. The van der Waals surface area contributed by atoms with Crippen LogP contribution in [0.3, 0.4) is 0 Å². The maximum Gasteiger partial charge on any atom is 0.123 e. The van der Waals surface area contributed by atoms with E-state index < -0.39 is 0 Å². The van der Waals surface area contributed by atoms with Gasteiger partial charge in [0.2, 0.25) is 0 Å². The summed E-state index contributed by atoms with van der Waals surface area (Å²) in [7, 11) is 0. The summed E-state index contributed by atoms with van der Waals surface area (Å²) in [4.78, 5) is 0. The summed E-state index contributed by atoms with van der Waals surface area (Å²) in [6.07, 6.45) is 0.623. The fourth-order valence-electron chi connectivity index (χ4n) is 1.45. The van der Waals surface area contributed by atoms with Crippen molar-refractivity contribution in [3.05, 3.63) is 28.8 Å². The molecule has 0 fully saturated rings. The molecule has 1 rings (SSSR count). The molecule has 2 N–H and O–H groups in total. The second kappa shape index (κ2) is 7.54. The van der Waals surface area contributed by atoms with Crippen molar-refractivity contribution in [3.8, 4) is 5.75 Å². The van der Waals surface area contributed by atoms with Gasteiger partial charge in [-0.2, -0.15) is 0 Å². The van der Waals surface area contributed by atoms with Crippen molar-refractivity contribution in [1.29, 1.82) is 0 Å². The first-order valence-electron chi connectivity index (χ1n) is 5.93. The number of hydrogen-bond donors (Lipinski definition) is 2. The van der Waals surface area contributed by atoms with Crippen LogP contribution in [0.4, 0.5) is 0 Å². The molecule has 17 heavy (non-hydrogen) atoms. The standard InChI is InChI=1S/C13H20ClNO2/c1-3-6-17-13-5-4-12(14)7-11(13)9-15-8-10(2)16/h4-5,7,10,15-16H,3,6,8-9H2,1-2H3/t10-/m0/s1. The maximum absolute atomic E-state index is 9.18. The lowest BCUT2D eigenvalue weighted by molar-refractivity contribution is 0.190. The molecule has 96 valence electrons. The number of rotatable bonds is 7. The smallest absolute Gasteiger partial charge is 0.123 e. The average molecular weight is 258 g/mol. The predicted molar refractivity (Wildman–Crippen MR) is 70.6 cm³/mol. The van der Waals surface area contributed by atoms with Crippen LogP contribution in [0.15, 0.2) is 18.2 Å². The first-order valence-corrected chi connectivity index (χ1v) is 6.31. The Bertz CT molecular complexity index is 342. The molecule has 0 aliphatic rings. The fraction of sp³-hybridized carbons (Fsp3) is 0.538. The van der Waals surface area contributed by atoms with Crippen LogP contribution in [-0.4, -0.2) is 24.4 Å². The van der Waals surface area contributed by atoms with Gasteiger partial charge >= 0.3 is 0 Å². The summed E-state index contributed by atoms with van der Waals surface area (Å²) in [6, 6.07) is 5.60. The monoisotopic (exact) mass is 257 g/mol. The zero-order valence-corrected chi connectivity index (χ0v) is 11.1. The van der Waals surface area contributed by atoms with Gasteiger partial charge in [0.1, 0.15) is 5.75 Å². The molecule has 0 amide bonds. The highest BCUT2D eigenvalue weighted by molar-refractivity contribution is 6.30. The number of hydrogen-bond acceptors (Lipinski definition) is 3. The minimum atomic E-state index is -0.353. The lowest BCUT2D eigenvalue weighted by Gasteiger charge is -2.13. The fourth-order valence-corrected chi connectivity index (χ4v) is 1.65. The molecule has 0 bridgehead atoms. The Morgan fingerprint density at radius 1 is 1.47 bits per heavy atom. The molecule has 1 atom stereocenters. The van der Waals surface area contributed by atoms with Crippen molar-refractivity contribution >= 4 is 11.6 Å². The minimum Gasteiger partial charge on any atom is -0.493 e. The second-order valence-corrected chi connectivity index (χ2v) is 4.52. The third kappa shape index (κ3) is 5.39. The third-order valence-corrected chi connectivity index (χ3v) is 2.47. The normalized spacial score (nSPS) is 12.5. The van der Waals surface area contributed by atoms with Crippen LogP contribution >= 0.6 is 11.6 Å². The number of nitrogens with one attached hydrogen (secondary N) is 1. The molecule has 0 radical (unpaired) electrons. The largest absolute Gasteiger partial charge is 0.493 e. The Kier molecular flexibility index (Phi) is 6.34. The Hall–Kier alpha value is -0.770. The summed E-state index contributed by atoms with van der Waals surface area (Å²) >= 11 is 5.96. The molecular weight excluding hydrogens is 238 g/mol. The molecule has 0 aliphatic carbocycles. The summed E-state index contributed by atoms with van der Waals surface area (Å²) in [5.74, 6) is 0.856. The zero-order valence-electron chi connectivity index (χ0n) is 10.4. The van der Waals surface area contributed by atoms with Gasteiger partial charge in [-0.15, -0.1) is 0 Å². The molecule has 1 aromatic carbocycles. The topological polar surface area (TPSA) is 41.5 Å². The third-order valence-electron chi connectivity index (χ3n) is 2.24. The van der Waals surface area contributed by atoms with E-state index in [1.165, 1.54) is 0 Å². The van der Waals surface area contributed by atoms with E-state index in [0.717, 1.165) is 17.7 Å². The van der Waals surface area contributed by atoms with Gasteiger partial charge in [0.15, 0.2) is 0 Å². The average Bonchev–Trinajstić information content (AvgIpc) is 2.27. The van der Waals surface area contributed by atoms with E-state index >= 15 is 0 Å². The van der Waals surface area contributed by atoms with E-state index in [9.17, 15) is 5.11 Å². The van der Waals surface area contributed by atoms with Gasteiger partial charge in [-0.1, -0.05) is 18.5 Å². The highest BCUT2D eigenvalue weighted by Crippen LogP contribution is 2.23. The van der Waals surface area contributed by atoms with E-state index in [1.807, 2.05) is 18.2 Å². The Morgan fingerprint density at radius 3 is 2.88 bits per heavy atom. The molecular formula is C13H20ClNO2. The van der Waals surface area contributed by atoms with E-state index in [1.54, 1.807) is 6.92 Å². The zero-order chi connectivity index (χ0) is 12.7. The van der Waals surface area contributed by atoms with Crippen molar-refractivity contribution in [2.75, 3.05) is 13.2 Å². The van der Waals surface area contributed by atoms with Crippen molar-refractivity contribution < 1.29 is 9.84 Å². The molecule has 0 spiro atoms. The van der Waals surface area contributed by atoms with Gasteiger partial charge in [-0.25, -0.2) is 0 Å². The summed E-state index contributed by atoms with van der Waals surface area (Å²) < 4.78 is 5.64. The van der Waals surface area contributed by atoms with E-state index in [4.69, 9.17) is 16.3 Å². The van der Waals surface area contributed by atoms with Crippen LogP contribution in [0, 0.1) is 0 Å². The highest BCUT2D eigenvalue weighted by atomic mass is 35.5. The Morgan fingerprint density at radius 2 is 2.24 bits per heavy atom. The van der Waals surface area contributed by atoms with E-state index in [0.29, 0.717) is 24.7 Å². The number of aliphatic hydroxyl groups is 1. The first kappa shape index (κ1) is 14.3. The maximum atomic E-state index is 9.18. The SMILES string of the molecule is CCCOc1ccc(Cl)cc1CNC[C@H](C)O.